The number of carbonyl (C=O) groups excluding carboxylic acids is 1. The summed E-state index contributed by atoms with van der Waals surface area (Å²) in [4.78, 5) is 12.9. The van der Waals surface area contributed by atoms with Gasteiger partial charge in [0.05, 0.1) is 0 Å². The van der Waals surface area contributed by atoms with E-state index in [4.69, 9.17) is 0 Å². The Morgan fingerprint density at radius 1 is 0.926 bits per heavy atom. The minimum Gasteiger partial charge on any atom is -0.299 e. The predicted molar refractivity (Wildman–Crippen MR) is 119 cm³/mol. The van der Waals surface area contributed by atoms with Crippen LogP contribution in [-0.4, -0.2) is 5.78 Å². The Kier molecular flexibility index (Phi) is 4.80. The number of carbonyl (C=O) groups is 1. The van der Waals surface area contributed by atoms with Gasteiger partial charge in [-0.25, -0.2) is 0 Å². The summed E-state index contributed by atoms with van der Waals surface area (Å²) in [6.45, 7) is 4.43. The average Bonchev–Trinajstić information content (AvgIpc) is 2.88. The number of benzene rings is 2. The van der Waals surface area contributed by atoms with Gasteiger partial charge in [-0.05, 0) is 54.3 Å². The zero-order chi connectivity index (χ0) is 19.2. The molecule has 27 heavy (non-hydrogen) atoms. The van der Waals surface area contributed by atoms with E-state index in [0.29, 0.717) is 12.2 Å². The van der Waals surface area contributed by atoms with E-state index in [1.807, 2.05) is 0 Å². The maximum Gasteiger partial charge on any atom is 0.143 e. The van der Waals surface area contributed by atoms with Crippen LogP contribution in [0.5, 0.6) is 0 Å². The summed E-state index contributed by atoms with van der Waals surface area (Å²) in [5.41, 5.74) is 3.34. The van der Waals surface area contributed by atoms with Crippen molar-refractivity contribution in [2.24, 2.45) is 10.8 Å². The van der Waals surface area contributed by atoms with E-state index in [2.05, 4.69) is 112 Å². The van der Waals surface area contributed by atoms with Gasteiger partial charge >= 0.3 is 0 Å². The topological polar surface area (TPSA) is 17.1 Å². The fourth-order valence-corrected chi connectivity index (χ4v) is 5.28. The molecule has 2 bridgehead atoms. The van der Waals surface area contributed by atoms with Crippen LogP contribution < -0.4 is 0 Å². The normalized spacial score (nSPS) is 30.0. The summed E-state index contributed by atoms with van der Waals surface area (Å²) in [6, 6.07) is 16.8. The zero-order valence-electron chi connectivity index (χ0n) is 15.5. The number of fused-ring (bicyclic) bond motifs is 2. The van der Waals surface area contributed by atoms with Crippen LogP contribution in [0.15, 0.2) is 75.2 Å². The van der Waals surface area contributed by atoms with Crippen LogP contribution in [0, 0.1) is 10.8 Å². The van der Waals surface area contributed by atoms with Gasteiger partial charge in [-0.3, -0.25) is 4.79 Å². The standard InChI is InChI=1S/C24H22Br2O/c1-23-14-18(8-3-16-4-9-19(25)10-5-16)24(2,15-23)21(13-22(23)27)17-6-11-20(26)12-7-17/h3-12,14,21H,13,15H2,1-2H3/t21-,23?,24?/m0/s1. The van der Waals surface area contributed by atoms with Crippen molar-refractivity contribution in [2.45, 2.75) is 32.6 Å². The first-order valence-electron chi connectivity index (χ1n) is 9.26. The van der Waals surface area contributed by atoms with Gasteiger partial charge in [0.1, 0.15) is 5.78 Å². The Bertz CT molecular complexity index is 939. The van der Waals surface area contributed by atoms with Gasteiger partial charge < -0.3 is 0 Å². The molecule has 0 aliphatic heterocycles. The largest absolute Gasteiger partial charge is 0.299 e. The first-order chi connectivity index (χ1) is 12.8. The first kappa shape index (κ1) is 18.9. The van der Waals surface area contributed by atoms with Crippen molar-refractivity contribution in [1.29, 1.82) is 0 Å². The Morgan fingerprint density at radius 3 is 2.15 bits per heavy atom. The molecule has 0 N–H and O–H groups in total. The van der Waals surface area contributed by atoms with Crippen molar-refractivity contribution in [1.82, 2.24) is 0 Å². The molecular formula is C24H22Br2O. The molecule has 1 nitrogen and oxygen atoms in total. The van der Waals surface area contributed by atoms with E-state index < -0.39 is 0 Å². The number of Topliss-reactive ketones (excluding diaryl/α,β-unsaturated/α-hetero) is 1. The Morgan fingerprint density at radius 2 is 1.52 bits per heavy atom. The zero-order valence-corrected chi connectivity index (χ0v) is 18.7. The van der Waals surface area contributed by atoms with Gasteiger partial charge in [0.15, 0.2) is 0 Å². The van der Waals surface area contributed by atoms with E-state index in [-0.39, 0.29) is 16.7 Å². The molecule has 0 saturated heterocycles. The Balaban J connectivity index is 1.72. The molecular weight excluding hydrogens is 464 g/mol. The number of rotatable bonds is 3. The molecule has 0 spiro atoms. The molecule has 1 fully saturated rings. The van der Waals surface area contributed by atoms with Crippen molar-refractivity contribution >= 4 is 43.7 Å². The third kappa shape index (κ3) is 3.40. The van der Waals surface area contributed by atoms with Gasteiger partial charge in [0.2, 0.25) is 0 Å². The summed E-state index contributed by atoms with van der Waals surface area (Å²) in [5, 5.41) is 0. The van der Waals surface area contributed by atoms with Crippen LogP contribution in [0.25, 0.3) is 6.08 Å². The van der Waals surface area contributed by atoms with Crippen molar-refractivity contribution in [3.8, 4) is 0 Å². The van der Waals surface area contributed by atoms with Crippen LogP contribution in [0.2, 0.25) is 0 Å². The number of hydrogen-bond donors (Lipinski definition) is 0. The minimum atomic E-state index is -0.333. The molecule has 4 rings (SSSR count). The van der Waals surface area contributed by atoms with Gasteiger partial charge in [-0.15, -0.1) is 0 Å². The van der Waals surface area contributed by atoms with Gasteiger partial charge in [0.25, 0.3) is 0 Å². The summed E-state index contributed by atoms with van der Waals surface area (Å²) < 4.78 is 2.15. The highest BCUT2D eigenvalue weighted by atomic mass is 79.9. The number of hydrogen-bond acceptors (Lipinski definition) is 1. The molecule has 2 aliphatic rings. The van der Waals surface area contributed by atoms with Crippen molar-refractivity contribution in [3.05, 3.63) is 86.3 Å². The third-order valence-electron chi connectivity index (χ3n) is 6.26. The van der Waals surface area contributed by atoms with Crippen molar-refractivity contribution in [3.63, 3.8) is 0 Å². The van der Waals surface area contributed by atoms with Gasteiger partial charge in [0, 0.05) is 32.1 Å². The summed E-state index contributed by atoms with van der Waals surface area (Å²) in [7, 11) is 0. The summed E-state index contributed by atoms with van der Waals surface area (Å²) in [6.07, 6.45) is 8.11. The number of ketones is 1. The predicted octanol–water partition coefficient (Wildman–Crippen LogP) is 7.32. The second kappa shape index (κ2) is 6.86. The molecule has 2 unspecified atom stereocenters. The van der Waals surface area contributed by atoms with E-state index >= 15 is 0 Å². The minimum absolute atomic E-state index is 0.0254. The Hall–Kier alpha value is -1.45. The highest BCUT2D eigenvalue weighted by Gasteiger charge is 2.55. The van der Waals surface area contributed by atoms with Crippen LogP contribution in [0.1, 0.15) is 43.7 Å². The monoisotopic (exact) mass is 484 g/mol. The molecule has 2 aliphatic carbocycles. The lowest BCUT2D eigenvalue weighted by molar-refractivity contribution is -0.130. The molecule has 138 valence electrons. The van der Waals surface area contributed by atoms with Crippen molar-refractivity contribution in [2.75, 3.05) is 0 Å². The number of halogens is 2. The lowest BCUT2D eigenvalue weighted by atomic mass is 9.59. The van der Waals surface area contributed by atoms with Crippen LogP contribution in [-0.2, 0) is 4.79 Å². The highest BCUT2D eigenvalue weighted by molar-refractivity contribution is 9.10. The maximum atomic E-state index is 12.9. The van der Waals surface area contributed by atoms with E-state index in [9.17, 15) is 4.79 Å². The molecule has 2 aromatic carbocycles. The van der Waals surface area contributed by atoms with Crippen LogP contribution in [0.3, 0.4) is 0 Å². The fourth-order valence-electron chi connectivity index (χ4n) is 4.75. The van der Waals surface area contributed by atoms with Gasteiger partial charge in [-0.1, -0.05) is 81.3 Å². The third-order valence-corrected chi connectivity index (χ3v) is 7.32. The molecule has 0 heterocycles. The van der Waals surface area contributed by atoms with E-state index in [0.717, 1.165) is 15.4 Å². The van der Waals surface area contributed by atoms with Crippen LogP contribution >= 0.6 is 31.9 Å². The number of allylic oxidation sites excluding steroid dienone is 3. The lowest BCUT2D eigenvalue weighted by Gasteiger charge is -2.43. The molecule has 3 atom stereocenters. The van der Waals surface area contributed by atoms with E-state index in [1.54, 1.807) is 0 Å². The second-order valence-corrected chi connectivity index (χ2v) is 10.1. The highest BCUT2D eigenvalue weighted by Crippen LogP contribution is 2.61. The quantitative estimate of drug-likeness (QED) is 0.444. The molecule has 0 amide bonds. The smallest absolute Gasteiger partial charge is 0.143 e. The molecule has 1 saturated carbocycles. The molecule has 3 heteroatoms. The fraction of sp³-hybridized carbons (Fsp3) is 0.292. The summed E-state index contributed by atoms with van der Waals surface area (Å²) in [5.74, 6) is 0.578. The Labute approximate surface area is 177 Å². The maximum absolute atomic E-state index is 12.9. The molecule has 2 aromatic rings. The van der Waals surface area contributed by atoms with Gasteiger partial charge in [-0.2, -0.15) is 0 Å². The second-order valence-electron chi connectivity index (χ2n) is 8.23. The lowest BCUT2D eigenvalue weighted by Crippen LogP contribution is -2.39. The average molecular weight is 486 g/mol. The SMILES string of the molecule is CC12C=C(C=Cc3ccc(Br)cc3)C(C)(C1)[C@H](c1ccc(Br)cc1)CC2=O. The van der Waals surface area contributed by atoms with Crippen LogP contribution in [0.4, 0.5) is 0 Å². The molecule has 0 aromatic heterocycles. The first-order valence-corrected chi connectivity index (χ1v) is 10.8. The molecule has 0 radical (unpaired) electrons. The summed E-state index contributed by atoms with van der Waals surface area (Å²) >= 11 is 7.00. The van der Waals surface area contributed by atoms with E-state index in [1.165, 1.54) is 16.7 Å². The van der Waals surface area contributed by atoms with Crippen molar-refractivity contribution < 1.29 is 4.79 Å².